The van der Waals surface area contributed by atoms with Gasteiger partial charge < -0.3 is 22.1 Å². The Morgan fingerprint density at radius 3 is 2.59 bits per heavy atom. The van der Waals surface area contributed by atoms with Crippen LogP contribution < -0.4 is 22.1 Å². The molecule has 29 heavy (non-hydrogen) atoms. The molecule has 10 heteroatoms. The molecule has 0 saturated heterocycles. The van der Waals surface area contributed by atoms with Gasteiger partial charge in [0.05, 0.1) is 16.8 Å². The molecule has 8 nitrogen and oxygen atoms in total. The van der Waals surface area contributed by atoms with Crippen LogP contribution in [-0.4, -0.2) is 29.0 Å². The molecule has 150 valence electrons. The second kappa shape index (κ2) is 7.92. The fraction of sp³-hybridized carbons (Fsp3) is 0.158. The third kappa shape index (κ3) is 4.37. The van der Waals surface area contributed by atoms with Crippen molar-refractivity contribution in [1.82, 2.24) is 10.3 Å². The van der Waals surface area contributed by atoms with Crippen molar-refractivity contribution in [2.24, 2.45) is 10.7 Å². The Kier molecular flexibility index (Phi) is 5.55. The summed E-state index contributed by atoms with van der Waals surface area (Å²) in [7, 11) is 1.49. The number of likely N-dealkylation sites (N-methyl/N-ethyl adjacent to an activating group) is 1. The zero-order valence-corrected chi connectivity index (χ0v) is 16.5. The summed E-state index contributed by atoms with van der Waals surface area (Å²) in [5.74, 6) is -1.37. The van der Waals surface area contributed by atoms with Gasteiger partial charge in [-0.05, 0) is 55.1 Å². The number of hydrogen-bond acceptors (Lipinski definition) is 7. The summed E-state index contributed by atoms with van der Waals surface area (Å²) in [6.45, 7) is 1.63. The van der Waals surface area contributed by atoms with Gasteiger partial charge in [-0.25, -0.2) is 14.4 Å². The molecule has 0 spiro atoms. The van der Waals surface area contributed by atoms with E-state index in [1.807, 2.05) is 0 Å². The second-order valence-corrected chi connectivity index (χ2v) is 7.48. The van der Waals surface area contributed by atoms with Gasteiger partial charge in [-0.1, -0.05) is 0 Å². The van der Waals surface area contributed by atoms with Crippen molar-refractivity contribution < 1.29 is 14.0 Å². The highest BCUT2D eigenvalue weighted by atomic mass is 32.2. The number of pyridine rings is 1. The lowest BCUT2D eigenvalue weighted by Gasteiger charge is -2.28. The lowest BCUT2D eigenvalue weighted by atomic mass is 9.91. The Morgan fingerprint density at radius 1 is 1.17 bits per heavy atom. The van der Waals surface area contributed by atoms with Crippen molar-refractivity contribution in [2.75, 3.05) is 18.1 Å². The van der Waals surface area contributed by atoms with Gasteiger partial charge >= 0.3 is 0 Å². The number of hydrogen-bond donors (Lipinski definition) is 4. The first kappa shape index (κ1) is 20.3. The maximum Gasteiger partial charge on any atom is 0.274 e. The van der Waals surface area contributed by atoms with Gasteiger partial charge in [-0.15, -0.1) is 0 Å². The van der Waals surface area contributed by atoms with Gasteiger partial charge in [0.2, 0.25) is 0 Å². The van der Waals surface area contributed by atoms with Crippen molar-refractivity contribution >= 4 is 40.1 Å². The van der Waals surface area contributed by atoms with Crippen molar-refractivity contribution in [1.29, 1.82) is 0 Å². The largest absolute Gasteiger partial charge is 0.397 e. The fourth-order valence-electron chi connectivity index (χ4n) is 2.78. The third-order valence-electron chi connectivity index (χ3n) is 4.21. The Bertz CT molecular complexity index is 1040. The van der Waals surface area contributed by atoms with Crippen LogP contribution in [0.5, 0.6) is 0 Å². The van der Waals surface area contributed by atoms with E-state index in [1.54, 1.807) is 19.1 Å². The number of aliphatic imine (C=N–C) groups is 1. The van der Waals surface area contributed by atoms with Gasteiger partial charge in [0.15, 0.2) is 5.17 Å². The number of halogens is 1. The van der Waals surface area contributed by atoms with E-state index >= 15 is 0 Å². The standard InChI is InChI=1S/C19H19FN6O2S/c1-19(8-15(17(28)23-2)29-18(22)26-19)12-7-11(4-5-13(12)20)25-16(27)14-6-3-10(21)9-24-14/h3-9H,21H2,1-2H3,(H2,22,26)(H,23,28)(H,25,27)/t19-/m0/s1. The normalized spacial score (nSPS) is 18.4. The van der Waals surface area contributed by atoms with Crippen LogP contribution in [0.2, 0.25) is 0 Å². The molecule has 0 radical (unpaired) electrons. The topological polar surface area (TPSA) is 135 Å². The predicted octanol–water partition coefficient (Wildman–Crippen LogP) is 1.96. The van der Waals surface area contributed by atoms with Gasteiger partial charge in [0.1, 0.15) is 17.1 Å². The molecule has 0 fully saturated rings. The first-order valence-electron chi connectivity index (χ1n) is 8.53. The van der Waals surface area contributed by atoms with E-state index in [0.717, 1.165) is 11.8 Å². The summed E-state index contributed by atoms with van der Waals surface area (Å²) < 4.78 is 14.7. The van der Waals surface area contributed by atoms with Crippen molar-refractivity contribution in [2.45, 2.75) is 12.5 Å². The number of nitrogens with one attached hydrogen (secondary N) is 2. The number of aromatic nitrogens is 1. The minimum atomic E-state index is -1.22. The lowest BCUT2D eigenvalue weighted by Crippen LogP contribution is -2.30. The van der Waals surface area contributed by atoms with Crippen LogP contribution >= 0.6 is 11.8 Å². The van der Waals surface area contributed by atoms with Gasteiger partial charge in [-0.2, -0.15) is 0 Å². The first-order valence-corrected chi connectivity index (χ1v) is 9.34. The van der Waals surface area contributed by atoms with Crippen LogP contribution in [0.4, 0.5) is 15.8 Å². The second-order valence-electron chi connectivity index (χ2n) is 6.41. The van der Waals surface area contributed by atoms with Crippen LogP contribution in [0.15, 0.2) is 52.5 Å². The Morgan fingerprint density at radius 2 is 1.93 bits per heavy atom. The van der Waals surface area contributed by atoms with E-state index in [4.69, 9.17) is 11.5 Å². The van der Waals surface area contributed by atoms with E-state index in [-0.39, 0.29) is 22.3 Å². The Hall–Kier alpha value is -3.40. The third-order valence-corrected chi connectivity index (χ3v) is 5.03. The van der Waals surface area contributed by atoms with Crippen molar-refractivity contribution in [3.63, 3.8) is 0 Å². The fourth-order valence-corrected chi connectivity index (χ4v) is 3.72. The minimum absolute atomic E-state index is 0.133. The average Bonchev–Trinajstić information content (AvgIpc) is 2.68. The van der Waals surface area contributed by atoms with Crippen LogP contribution in [0.25, 0.3) is 0 Å². The number of anilines is 2. The first-order chi connectivity index (χ1) is 13.7. The lowest BCUT2D eigenvalue weighted by molar-refractivity contribution is -0.116. The molecule has 1 aromatic heterocycles. The number of carbonyl (C=O) groups excluding carboxylic acids is 2. The number of thioether (sulfide) groups is 1. The van der Waals surface area contributed by atoms with E-state index < -0.39 is 17.3 Å². The van der Waals surface area contributed by atoms with E-state index in [2.05, 4.69) is 20.6 Å². The average molecular weight is 414 g/mol. The summed E-state index contributed by atoms with van der Waals surface area (Å²) in [5, 5.41) is 5.31. The predicted molar refractivity (Wildman–Crippen MR) is 112 cm³/mol. The Labute approximate surface area is 170 Å². The smallest absolute Gasteiger partial charge is 0.274 e. The summed E-state index contributed by atoms with van der Waals surface area (Å²) in [6, 6.07) is 7.13. The number of rotatable bonds is 4. The number of amidine groups is 1. The molecule has 6 N–H and O–H groups in total. The zero-order chi connectivity index (χ0) is 21.2. The summed E-state index contributed by atoms with van der Waals surface area (Å²) in [5.41, 5.74) is 11.3. The molecule has 2 heterocycles. The SMILES string of the molecule is CNC(=O)C1=C[C@@](C)(c2cc(NC(=O)c3ccc(N)cn3)ccc2F)N=C(N)S1. The molecule has 0 aliphatic carbocycles. The van der Waals surface area contributed by atoms with Crippen LogP contribution in [-0.2, 0) is 10.3 Å². The van der Waals surface area contributed by atoms with Gasteiger partial charge in [0, 0.05) is 18.3 Å². The molecule has 1 aliphatic rings. The van der Waals surface area contributed by atoms with Crippen LogP contribution in [0, 0.1) is 5.82 Å². The monoisotopic (exact) mass is 414 g/mol. The quantitative estimate of drug-likeness (QED) is 0.604. The zero-order valence-electron chi connectivity index (χ0n) is 15.7. The van der Waals surface area contributed by atoms with E-state index in [1.165, 1.54) is 37.5 Å². The highest BCUT2D eigenvalue weighted by Gasteiger charge is 2.33. The number of amides is 2. The van der Waals surface area contributed by atoms with Crippen LogP contribution in [0.1, 0.15) is 23.0 Å². The molecule has 1 aliphatic heterocycles. The number of carbonyl (C=O) groups is 2. The van der Waals surface area contributed by atoms with Crippen molar-refractivity contribution in [3.8, 4) is 0 Å². The molecule has 2 aromatic rings. The molecular weight excluding hydrogens is 395 g/mol. The summed E-state index contributed by atoms with van der Waals surface area (Å²) >= 11 is 1.00. The molecular formula is C19H19FN6O2S. The number of nitrogens with two attached hydrogens (primary N) is 2. The molecule has 0 unspecified atom stereocenters. The molecule has 2 amide bonds. The highest BCUT2D eigenvalue weighted by molar-refractivity contribution is 8.17. The number of benzene rings is 1. The van der Waals surface area contributed by atoms with Crippen molar-refractivity contribution in [3.05, 3.63) is 64.6 Å². The Balaban J connectivity index is 1.95. The number of nitrogens with zero attached hydrogens (tertiary/aromatic N) is 2. The van der Waals surface area contributed by atoms with Gasteiger partial charge in [-0.3, -0.25) is 9.59 Å². The molecule has 0 bridgehead atoms. The minimum Gasteiger partial charge on any atom is -0.397 e. The van der Waals surface area contributed by atoms with Crippen LogP contribution in [0.3, 0.4) is 0 Å². The molecule has 0 saturated carbocycles. The molecule has 3 rings (SSSR count). The molecule has 1 atom stereocenters. The van der Waals surface area contributed by atoms with E-state index in [0.29, 0.717) is 16.3 Å². The maximum absolute atomic E-state index is 14.7. The number of nitrogen functional groups attached to an aromatic ring is 1. The maximum atomic E-state index is 14.7. The summed E-state index contributed by atoms with van der Waals surface area (Å²) in [4.78, 5) is 33.0. The van der Waals surface area contributed by atoms with Gasteiger partial charge in [0.25, 0.3) is 11.8 Å². The van der Waals surface area contributed by atoms with E-state index in [9.17, 15) is 14.0 Å². The highest BCUT2D eigenvalue weighted by Crippen LogP contribution is 2.38. The summed E-state index contributed by atoms with van der Waals surface area (Å²) in [6.07, 6.45) is 2.91. The molecule has 1 aromatic carbocycles.